The van der Waals surface area contributed by atoms with Crippen LogP contribution in [0.25, 0.3) is 0 Å². The molecule has 0 saturated heterocycles. The number of nitrogens with one attached hydrogen (secondary N) is 2. The molecule has 94 valence electrons. The molecule has 16 heavy (non-hydrogen) atoms. The zero-order valence-electron chi connectivity index (χ0n) is 9.89. The summed E-state index contributed by atoms with van der Waals surface area (Å²) in [6.07, 6.45) is 3.26. The minimum atomic E-state index is -0.514. The Balaban J connectivity index is 2.12. The minimum Gasteiger partial charge on any atom is -0.390 e. The zero-order chi connectivity index (χ0) is 12.0. The van der Waals surface area contributed by atoms with Gasteiger partial charge < -0.3 is 10.8 Å². The van der Waals surface area contributed by atoms with Gasteiger partial charge >= 0.3 is 0 Å². The normalized spacial score (nSPS) is 19.4. The lowest BCUT2D eigenvalue weighted by atomic mass is 10.0. The van der Waals surface area contributed by atoms with Gasteiger partial charge in [-0.2, -0.15) is 4.83 Å². The number of hydrogen-bond donors (Lipinski definition) is 4. The molecule has 2 unspecified atom stereocenters. The summed E-state index contributed by atoms with van der Waals surface area (Å²) in [6, 6.07) is -0.158. The van der Waals surface area contributed by atoms with Gasteiger partial charge in [0.25, 0.3) is 0 Å². The SMILES string of the molecule is CC(C)CCC(N)C(O)CNN1C=CSN1. The zero-order valence-corrected chi connectivity index (χ0v) is 10.7. The molecule has 1 rings (SSSR count). The number of nitrogens with zero attached hydrogens (tertiary/aromatic N) is 1. The van der Waals surface area contributed by atoms with Crippen LogP contribution in [0.1, 0.15) is 26.7 Å². The summed E-state index contributed by atoms with van der Waals surface area (Å²) in [5, 5.41) is 13.4. The van der Waals surface area contributed by atoms with Crippen molar-refractivity contribution in [3.05, 3.63) is 11.6 Å². The lowest BCUT2D eigenvalue weighted by molar-refractivity contribution is 0.106. The Labute approximate surface area is 102 Å². The summed E-state index contributed by atoms with van der Waals surface area (Å²) in [6.45, 7) is 4.78. The molecule has 0 bridgehead atoms. The highest BCUT2D eigenvalue weighted by Crippen LogP contribution is 2.08. The van der Waals surface area contributed by atoms with Gasteiger partial charge in [-0.25, -0.2) is 10.5 Å². The van der Waals surface area contributed by atoms with Crippen LogP contribution in [0, 0.1) is 5.92 Å². The highest BCUT2D eigenvalue weighted by atomic mass is 32.2. The number of aliphatic hydroxyl groups is 1. The predicted octanol–water partition coefficient (Wildman–Crippen LogP) is 0.555. The average molecular weight is 246 g/mol. The highest BCUT2D eigenvalue weighted by Gasteiger charge is 2.16. The van der Waals surface area contributed by atoms with E-state index in [0.29, 0.717) is 12.5 Å². The third-order valence-electron chi connectivity index (χ3n) is 2.47. The number of hydrazine groups is 2. The van der Waals surface area contributed by atoms with Crippen molar-refractivity contribution in [1.29, 1.82) is 0 Å². The minimum absolute atomic E-state index is 0.158. The lowest BCUT2D eigenvalue weighted by Gasteiger charge is -2.23. The Morgan fingerprint density at radius 3 is 2.81 bits per heavy atom. The molecule has 0 amide bonds. The maximum Gasteiger partial charge on any atom is 0.0834 e. The largest absolute Gasteiger partial charge is 0.390 e. The molecule has 0 fully saturated rings. The van der Waals surface area contributed by atoms with E-state index in [0.717, 1.165) is 12.8 Å². The second-order valence-electron chi connectivity index (χ2n) is 4.43. The molecule has 6 heteroatoms. The molecule has 0 aliphatic carbocycles. The maximum atomic E-state index is 9.82. The average Bonchev–Trinajstić information content (AvgIpc) is 2.75. The van der Waals surface area contributed by atoms with E-state index in [1.165, 1.54) is 11.9 Å². The van der Waals surface area contributed by atoms with Crippen LogP contribution in [0.5, 0.6) is 0 Å². The monoisotopic (exact) mass is 246 g/mol. The molecule has 0 spiro atoms. The van der Waals surface area contributed by atoms with Crippen molar-refractivity contribution >= 4 is 11.9 Å². The molecule has 0 aromatic rings. The Kier molecular flexibility index (Phi) is 6.15. The third kappa shape index (κ3) is 5.18. The van der Waals surface area contributed by atoms with Gasteiger partial charge in [0.1, 0.15) is 0 Å². The fraction of sp³-hybridized carbons (Fsp3) is 0.800. The van der Waals surface area contributed by atoms with Crippen molar-refractivity contribution in [2.45, 2.75) is 38.8 Å². The van der Waals surface area contributed by atoms with Crippen LogP contribution in [0.4, 0.5) is 0 Å². The number of nitrogens with two attached hydrogens (primary N) is 1. The maximum absolute atomic E-state index is 9.82. The molecule has 1 aliphatic heterocycles. The van der Waals surface area contributed by atoms with Gasteiger partial charge in [0.05, 0.1) is 6.10 Å². The van der Waals surface area contributed by atoms with E-state index in [-0.39, 0.29) is 6.04 Å². The van der Waals surface area contributed by atoms with Gasteiger partial charge in [0.2, 0.25) is 0 Å². The van der Waals surface area contributed by atoms with E-state index in [2.05, 4.69) is 24.1 Å². The van der Waals surface area contributed by atoms with Gasteiger partial charge in [0, 0.05) is 24.2 Å². The summed E-state index contributed by atoms with van der Waals surface area (Å²) >= 11 is 1.48. The van der Waals surface area contributed by atoms with Crippen molar-refractivity contribution in [1.82, 2.24) is 15.4 Å². The first-order valence-electron chi connectivity index (χ1n) is 5.64. The molecule has 0 aromatic heterocycles. The molecular weight excluding hydrogens is 224 g/mol. The summed E-state index contributed by atoms with van der Waals surface area (Å²) < 4.78 is 0. The first kappa shape index (κ1) is 13.8. The second kappa shape index (κ2) is 7.13. The number of hydrogen-bond acceptors (Lipinski definition) is 6. The quantitative estimate of drug-likeness (QED) is 0.492. The summed E-state index contributed by atoms with van der Waals surface area (Å²) in [5.74, 6) is 0.630. The first-order chi connectivity index (χ1) is 7.59. The highest BCUT2D eigenvalue weighted by molar-refractivity contribution is 8.00. The molecule has 0 saturated carbocycles. The Hall–Kier alpha value is -0.270. The lowest BCUT2D eigenvalue weighted by Crippen LogP contribution is -2.48. The van der Waals surface area contributed by atoms with Crippen LogP contribution in [0.2, 0.25) is 0 Å². The van der Waals surface area contributed by atoms with Crippen LogP contribution < -0.4 is 16.0 Å². The number of rotatable bonds is 7. The van der Waals surface area contributed by atoms with Crippen LogP contribution in [0.15, 0.2) is 11.6 Å². The third-order valence-corrected chi connectivity index (χ3v) is 3.03. The van der Waals surface area contributed by atoms with Crippen molar-refractivity contribution in [2.75, 3.05) is 6.54 Å². The summed E-state index contributed by atoms with van der Waals surface area (Å²) in [4.78, 5) is 2.98. The fourth-order valence-electron chi connectivity index (χ4n) is 1.36. The van der Waals surface area contributed by atoms with Crippen molar-refractivity contribution in [3.8, 4) is 0 Å². The fourth-order valence-corrected chi connectivity index (χ4v) is 1.84. The van der Waals surface area contributed by atoms with Gasteiger partial charge in [0.15, 0.2) is 0 Å². The molecule has 0 aromatic carbocycles. The van der Waals surface area contributed by atoms with Crippen LogP contribution >= 0.6 is 11.9 Å². The molecule has 5 N–H and O–H groups in total. The van der Waals surface area contributed by atoms with Crippen molar-refractivity contribution in [3.63, 3.8) is 0 Å². The Morgan fingerprint density at radius 2 is 2.25 bits per heavy atom. The van der Waals surface area contributed by atoms with E-state index in [9.17, 15) is 5.11 Å². The van der Waals surface area contributed by atoms with Crippen LogP contribution in [-0.4, -0.2) is 28.9 Å². The van der Waals surface area contributed by atoms with Gasteiger partial charge in [-0.1, -0.05) is 13.8 Å². The van der Waals surface area contributed by atoms with Crippen molar-refractivity contribution < 1.29 is 5.11 Å². The molecule has 0 radical (unpaired) electrons. The van der Waals surface area contributed by atoms with Crippen LogP contribution in [-0.2, 0) is 0 Å². The van der Waals surface area contributed by atoms with E-state index in [4.69, 9.17) is 5.73 Å². The number of aliphatic hydroxyl groups excluding tert-OH is 1. The van der Waals surface area contributed by atoms with Gasteiger partial charge in [-0.3, -0.25) is 0 Å². The molecular formula is C10H22N4OS. The van der Waals surface area contributed by atoms with E-state index >= 15 is 0 Å². The predicted molar refractivity (Wildman–Crippen MR) is 67.8 cm³/mol. The van der Waals surface area contributed by atoms with Gasteiger partial charge in [-0.15, -0.1) is 0 Å². The summed E-state index contributed by atoms with van der Waals surface area (Å²) in [5.41, 5.74) is 8.93. The molecule has 1 heterocycles. The van der Waals surface area contributed by atoms with Gasteiger partial charge in [-0.05, 0) is 30.7 Å². The Morgan fingerprint density at radius 1 is 1.50 bits per heavy atom. The van der Waals surface area contributed by atoms with Crippen molar-refractivity contribution in [2.24, 2.45) is 11.7 Å². The first-order valence-corrected chi connectivity index (χ1v) is 6.52. The summed E-state index contributed by atoms with van der Waals surface area (Å²) in [7, 11) is 0. The molecule has 5 nitrogen and oxygen atoms in total. The topological polar surface area (TPSA) is 73.5 Å². The van der Waals surface area contributed by atoms with Crippen LogP contribution in [0.3, 0.4) is 0 Å². The Bertz CT molecular complexity index is 225. The van der Waals surface area contributed by atoms with E-state index in [1.54, 1.807) is 5.12 Å². The standard InChI is InChI=1S/C10H22N4OS/c1-8(2)3-4-9(11)10(15)7-12-14-5-6-16-13-14/h5-6,8-10,12-13,15H,3-4,7,11H2,1-2H3. The van der Waals surface area contributed by atoms with E-state index in [1.807, 2.05) is 11.6 Å². The smallest absolute Gasteiger partial charge is 0.0834 e. The molecule has 1 aliphatic rings. The van der Waals surface area contributed by atoms with E-state index < -0.39 is 6.10 Å². The molecule has 2 atom stereocenters. The second-order valence-corrected chi connectivity index (χ2v) is 5.12.